The number of nitrogens with zero attached hydrogens (tertiary/aromatic N) is 4. The number of piperidine rings is 1. The number of benzene rings is 1. The zero-order valence-electron chi connectivity index (χ0n) is 16.2. The molecule has 2 aromatic rings. The quantitative estimate of drug-likeness (QED) is 0.810. The number of carbonyl (C=O) groups is 1. The molecule has 28 heavy (non-hydrogen) atoms. The molecule has 0 bridgehead atoms. The number of aromatic nitrogens is 2. The van der Waals surface area contributed by atoms with E-state index in [0.717, 1.165) is 31.5 Å². The maximum Gasteiger partial charge on any atom is 0.266 e. The molecule has 2 fully saturated rings. The van der Waals surface area contributed by atoms with Gasteiger partial charge in [0.25, 0.3) is 5.95 Å². The van der Waals surface area contributed by atoms with Gasteiger partial charge in [0, 0.05) is 33.1 Å². The Morgan fingerprint density at radius 3 is 2.68 bits per heavy atom. The van der Waals surface area contributed by atoms with Crippen LogP contribution < -0.4 is 4.90 Å². The zero-order valence-corrected chi connectivity index (χ0v) is 16.2. The second-order valence-corrected chi connectivity index (χ2v) is 7.46. The van der Waals surface area contributed by atoms with Gasteiger partial charge in [0.05, 0.1) is 18.6 Å². The van der Waals surface area contributed by atoms with Crippen molar-refractivity contribution in [2.24, 2.45) is 0 Å². The van der Waals surface area contributed by atoms with Crippen molar-refractivity contribution in [3.63, 3.8) is 0 Å². The molecule has 0 saturated carbocycles. The van der Waals surface area contributed by atoms with Gasteiger partial charge in [-0.3, -0.25) is 4.79 Å². The highest BCUT2D eigenvalue weighted by atomic mass is 16.5. The third kappa shape index (κ3) is 4.25. The van der Waals surface area contributed by atoms with Gasteiger partial charge in [-0.05, 0) is 23.6 Å². The minimum Gasteiger partial charge on any atom is -0.372 e. The lowest BCUT2D eigenvalue weighted by Crippen LogP contribution is -2.47. The molecule has 2 aliphatic heterocycles. The third-order valence-electron chi connectivity index (χ3n) is 5.51. The van der Waals surface area contributed by atoms with E-state index in [-0.39, 0.29) is 11.5 Å². The summed E-state index contributed by atoms with van der Waals surface area (Å²) in [5, 5.41) is 3.99. The second kappa shape index (κ2) is 8.14. The van der Waals surface area contributed by atoms with Gasteiger partial charge in [-0.1, -0.05) is 42.5 Å². The van der Waals surface area contributed by atoms with Crippen molar-refractivity contribution < 1.29 is 14.1 Å². The molecule has 2 saturated heterocycles. The summed E-state index contributed by atoms with van der Waals surface area (Å²) >= 11 is 0. The maximum atomic E-state index is 12.8. The topological polar surface area (TPSA) is 71.7 Å². The maximum absolute atomic E-state index is 12.8. The molecule has 4 rings (SSSR count). The van der Waals surface area contributed by atoms with Crippen molar-refractivity contribution in [2.75, 3.05) is 37.7 Å². The molecule has 0 N–H and O–H groups in total. The van der Waals surface area contributed by atoms with E-state index >= 15 is 0 Å². The lowest BCUT2D eigenvalue weighted by molar-refractivity contribution is -0.133. The Balaban J connectivity index is 1.33. The fourth-order valence-electron chi connectivity index (χ4n) is 3.86. The van der Waals surface area contributed by atoms with Crippen LogP contribution in [0, 0.1) is 6.92 Å². The van der Waals surface area contributed by atoms with Crippen LogP contribution in [0.5, 0.6) is 0 Å². The predicted molar refractivity (Wildman–Crippen MR) is 106 cm³/mol. The highest BCUT2D eigenvalue weighted by Crippen LogP contribution is 2.33. The first-order chi connectivity index (χ1) is 13.6. The average Bonchev–Trinajstić information content (AvgIpc) is 3.08. The molecular formula is C21H26N4O3. The van der Waals surface area contributed by atoms with E-state index in [4.69, 9.17) is 9.26 Å². The molecule has 0 atom stereocenters. The normalized spacial score (nSPS) is 20.1. The van der Waals surface area contributed by atoms with Crippen LogP contribution in [0.2, 0.25) is 0 Å². The first-order valence-electron chi connectivity index (χ1n) is 9.82. The van der Waals surface area contributed by atoms with Gasteiger partial charge < -0.3 is 19.1 Å². The Morgan fingerprint density at radius 1 is 1.18 bits per heavy atom. The van der Waals surface area contributed by atoms with Crippen molar-refractivity contribution in [1.82, 2.24) is 15.0 Å². The SMILES string of the molecule is Cc1nc(N2CCC3(CC2)CC(=O)N(C/C=C/c2ccccc2)CCO3)no1. The van der Waals surface area contributed by atoms with Gasteiger partial charge in [0.15, 0.2) is 0 Å². The molecule has 0 aliphatic carbocycles. The second-order valence-electron chi connectivity index (χ2n) is 7.46. The lowest BCUT2D eigenvalue weighted by atomic mass is 9.87. The highest BCUT2D eigenvalue weighted by molar-refractivity contribution is 5.78. The fourth-order valence-corrected chi connectivity index (χ4v) is 3.86. The number of aryl methyl sites for hydroxylation is 1. The van der Waals surface area contributed by atoms with E-state index in [1.54, 1.807) is 6.92 Å². The zero-order chi connectivity index (χ0) is 19.4. The lowest BCUT2D eigenvalue weighted by Gasteiger charge is -2.39. The van der Waals surface area contributed by atoms with Crippen molar-refractivity contribution in [2.45, 2.75) is 31.8 Å². The number of rotatable bonds is 4. The Bertz CT molecular complexity index is 825. The van der Waals surface area contributed by atoms with Crippen LogP contribution in [-0.4, -0.2) is 59.3 Å². The summed E-state index contributed by atoms with van der Waals surface area (Å²) in [6.07, 6.45) is 6.12. The molecule has 3 heterocycles. The molecule has 1 spiro atoms. The number of anilines is 1. The highest BCUT2D eigenvalue weighted by Gasteiger charge is 2.41. The Hall–Kier alpha value is -2.67. The van der Waals surface area contributed by atoms with E-state index in [1.165, 1.54) is 0 Å². The van der Waals surface area contributed by atoms with Crippen molar-refractivity contribution in [3.8, 4) is 0 Å². The minimum absolute atomic E-state index is 0.166. The standard InChI is InChI=1S/C21H26N4O3/c1-17-22-20(23-28-17)25-12-9-21(10-13-25)16-19(26)24(14-15-27-21)11-5-8-18-6-3-2-4-7-18/h2-8H,9-16H2,1H3/b8-5+. The molecule has 7 nitrogen and oxygen atoms in total. The van der Waals surface area contributed by atoms with Crippen LogP contribution in [-0.2, 0) is 9.53 Å². The van der Waals surface area contributed by atoms with E-state index in [2.05, 4.69) is 33.2 Å². The van der Waals surface area contributed by atoms with Crippen molar-refractivity contribution >= 4 is 17.9 Å². The van der Waals surface area contributed by atoms with Crippen LogP contribution in [0.25, 0.3) is 6.08 Å². The molecule has 1 amide bonds. The molecule has 0 radical (unpaired) electrons. The average molecular weight is 382 g/mol. The van der Waals surface area contributed by atoms with Crippen molar-refractivity contribution in [1.29, 1.82) is 0 Å². The molecule has 148 valence electrons. The van der Waals surface area contributed by atoms with Gasteiger partial charge in [-0.25, -0.2) is 0 Å². The van der Waals surface area contributed by atoms with Gasteiger partial charge in [0.2, 0.25) is 11.8 Å². The van der Waals surface area contributed by atoms with Crippen LogP contribution >= 0.6 is 0 Å². The summed E-state index contributed by atoms with van der Waals surface area (Å²) in [7, 11) is 0. The van der Waals surface area contributed by atoms with Gasteiger partial charge in [-0.2, -0.15) is 4.98 Å². The molecule has 1 aromatic carbocycles. The Morgan fingerprint density at radius 2 is 1.96 bits per heavy atom. The molecule has 1 aromatic heterocycles. The first kappa shape index (κ1) is 18.7. The van der Waals surface area contributed by atoms with Gasteiger partial charge >= 0.3 is 0 Å². The number of carbonyl (C=O) groups excluding carboxylic acids is 1. The summed E-state index contributed by atoms with van der Waals surface area (Å²) < 4.78 is 11.3. The molecule has 7 heteroatoms. The number of ether oxygens (including phenoxy) is 1. The molecular weight excluding hydrogens is 356 g/mol. The molecule has 0 unspecified atom stereocenters. The predicted octanol–water partition coefficient (Wildman–Crippen LogP) is 2.68. The largest absolute Gasteiger partial charge is 0.372 e. The molecule has 2 aliphatic rings. The van der Waals surface area contributed by atoms with Crippen LogP contribution in [0.15, 0.2) is 40.9 Å². The van der Waals surface area contributed by atoms with Gasteiger partial charge in [-0.15, -0.1) is 0 Å². The number of amides is 1. The summed E-state index contributed by atoms with van der Waals surface area (Å²) in [6.45, 7) is 5.14. The summed E-state index contributed by atoms with van der Waals surface area (Å²) in [4.78, 5) is 21.1. The first-order valence-corrected chi connectivity index (χ1v) is 9.82. The summed E-state index contributed by atoms with van der Waals surface area (Å²) in [5.41, 5.74) is 0.770. The number of hydrogen-bond donors (Lipinski definition) is 0. The van der Waals surface area contributed by atoms with E-state index in [0.29, 0.717) is 38.0 Å². The van der Waals surface area contributed by atoms with Crippen molar-refractivity contribution in [3.05, 3.63) is 47.9 Å². The van der Waals surface area contributed by atoms with E-state index in [1.807, 2.05) is 29.2 Å². The number of hydrogen-bond acceptors (Lipinski definition) is 6. The summed E-state index contributed by atoms with van der Waals surface area (Å²) in [6, 6.07) is 10.1. The van der Waals surface area contributed by atoms with Crippen LogP contribution in [0.1, 0.15) is 30.7 Å². The van der Waals surface area contributed by atoms with Crippen LogP contribution in [0.3, 0.4) is 0 Å². The monoisotopic (exact) mass is 382 g/mol. The minimum atomic E-state index is -0.371. The fraction of sp³-hybridized carbons (Fsp3) is 0.476. The summed E-state index contributed by atoms with van der Waals surface area (Å²) in [5.74, 6) is 1.36. The Kier molecular flexibility index (Phi) is 5.43. The van der Waals surface area contributed by atoms with Gasteiger partial charge in [0.1, 0.15) is 0 Å². The third-order valence-corrected chi connectivity index (χ3v) is 5.51. The van der Waals surface area contributed by atoms with E-state index < -0.39 is 0 Å². The van der Waals surface area contributed by atoms with E-state index in [9.17, 15) is 4.79 Å². The van der Waals surface area contributed by atoms with Crippen LogP contribution in [0.4, 0.5) is 5.95 Å². The smallest absolute Gasteiger partial charge is 0.266 e. The Labute approximate surface area is 165 Å².